The van der Waals surface area contributed by atoms with Gasteiger partial charge in [0, 0.05) is 11.3 Å². The van der Waals surface area contributed by atoms with Gasteiger partial charge in [-0.1, -0.05) is 11.6 Å². The maximum absolute atomic E-state index is 13.0. The minimum atomic E-state index is -0.318. The smallest absolute Gasteiger partial charge is 0.123 e. The highest BCUT2D eigenvalue weighted by molar-refractivity contribution is 5.49. The number of halogens is 1. The van der Waals surface area contributed by atoms with Gasteiger partial charge in [0.05, 0.1) is 6.04 Å². The van der Waals surface area contributed by atoms with E-state index in [0.717, 1.165) is 5.57 Å². The number of benzene rings is 1. The van der Waals surface area contributed by atoms with Gasteiger partial charge in [0.25, 0.3) is 0 Å². The fourth-order valence-electron chi connectivity index (χ4n) is 1.38. The molecule has 15 heavy (non-hydrogen) atoms. The summed E-state index contributed by atoms with van der Waals surface area (Å²) < 4.78 is 13.0. The first-order valence-corrected chi connectivity index (χ1v) is 4.70. The normalized spacial score (nSPS) is 12.3. The van der Waals surface area contributed by atoms with Crippen molar-refractivity contribution in [2.75, 3.05) is 5.73 Å². The lowest BCUT2D eigenvalue weighted by molar-refractivity contribution is 0.611. The van der Waals surface area contributed by atoms with Crippen molar-refractivity contribution >= 4 is 5.69 Å². The van der Waals surface area contributed by atoms with E-state index in [2.05, 4.69) is 5.43 Å². The minimum absolute atomic E-state index is 0.259. The zero-order valence-corrected chi connectivity index (χ0v) is 8.92. The Labute approximate surface area is 88.9 Å². The Morgan fingerprint density at radius 1 is 1.47 bits per heavy atom. The molecule has 4 heteroatoms. The van der Waals surface area contributed by atoms with Gasteiger partial charge in [0.1, 0.15) is 5.82 Å². The molecule has 0 aliphatic carbocycles. The maximum atomic E-state index is 13.0. The SMILES string of the molecule is CC(C)=CC(NN)c1cc(F)ccc1N. The van der Waals surface area contributed by atoms with E-state index in [0.29, 0.717) is 11.3 Å². The van der Waals surface area contributed by atoms with E-state index in [4.69, 9.17) is 11.6 Å². The summed E-state index contributed by atoms with van der Waals surface area (Å²) in [4.78, 5) is 0. The number of hydrazine groups is 1. The Morgan fingerprint density at radius 3 is 2.67 bits per heavy atom. The molecule has 82 valence electrons. The average Bonchev–Trinajstić information content (AvgIpc) is 2.18. The number of allylic oxidation sites excluding steroid dienone is 1. The van der Waals surface area contributed by atoms with Crippen LogP contribution < -0.4 is 17.0 Å². The van der Waals surface area contributed by atoms with Crippen LogP contribution in [0.5, 0.6) is 0 Å². The van der Waals surface area contributed by atoms with Crippen LogP contribution in [0.3, 0.4) is 0 Å². The second kappa shape index (κ2) is 4.91. The van der Waals surface area contributed by atoms with Gasteiger partial charge in [-0.2, -0.15) is 0 Å². The second-order valence-corrected chi connectivity index (χ2v) is 3.66. The largest absolute Gasteiger partial charge is 0.398 e. The molecule has 0 aliphatic rings. The van der Waals surface area contributed by atoms with Crippen LogP contribution in [0.4, 0.5) is 10.1 Å². The summed E-state index contributed by atoms with van der Waals surface area (Å²) in [6.07, 6.45) is 1.89. The maximum Gasteiger partial charge on any atom is 0.123 e. The Morgan fingerprint density at radius 2 is 2.13 bits per heavy atom. The van der Waals surface area contributed by atoms with E-state index < -0.39 is 0 Å². The minimum Gasteiger partial charge on any atom is -0.398 e. The molecular formula is C11H16FN3. The van der Waals surface area contributed by atoms with Crippen molar-refractivity contribution in [3.63, 3.8) is 0 Å². The molecule has 0 heterocycles. The lowest BCUT2D eigenvalue weighted by Crippen LogP contribution is -2.27. The summed E-state index contributed by atoms with van der Waals surface area (Å²) >= 11 is 0. The first-order chi connectivity index (χ1) is 7.04. The van der Waals surface area contributed by atoms with Gasteiger partial charge in [-0.05, 0) is 32.0 Å². The average molecular weight is 209 g/mol. The summed E-state index contributed by atoms with van der Waals surface area (Å²) in [6.45, 7) is 3.89. The molecule has 1 atom stereocenters. The van der Waals surface area contributed by atoms with E-state index in [1.165, 1.54) is 18.2 Å². The predicted molar refractivity (Wildman–Crippen MR) is 60.3 cm³/mol. The zero-order valence-electron chi connectivity index (χ0n) is 8.92. The zero-order chi connectivity index (χ0) is 11.4. The number of hydrogen-bond acceptors (Lipinski definition) is 3. The highest BCUT2D eigenvalue weighted by atomic mass is 19.1. The summed E-state index contributed by atoms with van der Waals surface area (Å²) in [5, 5.41) is 0. The van der Waals surface area contributed by atoms with Crippen LogP contribution in [0.25, 0.3) is 0 Å². The number of rotatable bonds is 3. The van der Waals surface area contributed by atoms with Crippen LogP contribution in [-0.2, 0) is 0 Å². The Hall–Kier alpha value is -1.39. The molecule has 0 radical (unpaired) electrons. The second-order valence-electron chi connectivity index (χ2n) is 3.66. The molecule has 0 spiro atoms. The summed E-state index contributed by atoms with van der Waals surface area (Å²) in [6, 6.07) is 3.99. The van der Waals surface area contributed by atoms with Gasteiger partial charge < -0.3 is 5.73 Å². The van der Waals surface area contributed by atoms with Gasteiger partial charge in [-0.25, -0.2) is 9.82 Å². The van der Waals surface area contributed by atoms with Crippen LogP contribution in [0.2, 0.25) is 0 Å². The molecule has 0 saturated heterocycles. The molecule has 1 unspecified atom stereocenters. The number of nitrogen functional groups attached to an aromatic ring is 1. The number of hydrogen-bond donors (Lipinski definition) is 3. The number of anilines is 1. The molecule has 0 aliphatic heterocycles. The Balaban J connectivity index is 3.11. The van der Waals surface area contributed by atoms with E-state index >= 15 is 0 Å². The number of nitrogens with one attached hydrogen (secondary N) is 1. The van der Waals surface area contributed by atoms with Crippen molar-refractivity contribution < 1.29 is 4.39 Å². The van der Waals surface area contributed by atoms with Crippen LogP contribution in [0.15, 0.2) is 29.8 Å². The summed E-state index contributed by atoms with van der Waals surface area (Å²) in [5.74, 6) is 5.08. The third-order valence-corrected chi connectivity index (χ3v) is 2.06. The lowest BCUT2D eigenvalue weighted by Gasteiger charge is -2.15. The number of nitrogens with two attached hydrogens (primary N) is 2. The van der Waals surface area contributed by atoms with Crippen molar-refractivity contribution in [2.45, 2.75) is 19.9 Å². The Bertz CT molecular complexity index is 370. The molecule has 3 nitrogen and oxygen atoms in total. The monoisotopic (exact) mass is 209 g/mol. The third kappa shape index (κ3) is 3.04. The first kappa shape index (κ1) is 11.7. The highest BCUT2D eigenvalue weighted by Gasteiger charge is 2.10. The standard InChI is InChI=1S/C11H16FN3/c1-7(2)5-11(15-14)9-6-8(12)3-4-10(9)13/h3-6,11,15H,13-14H2,1-2H3. The molecule has 0 amide bonds. The van der Waals surface area contributed by atoms with Gasteiger partial charge in [-0.3, -0.25) is 5.84 Å². The van der Waals surface area contributed by atoms with Crippen LogP contribution in [0.1, 0.15) is 25.5 Å². The molecule has 0 bridgehead atoms. The molecule has 0 fully saturated rings. The summed E-state index contributed by atoms with van der Waals surface area (Å²) in [5.41, 5.74) is 10.6. The summed E-state index contributed by atoms with van der Waals surface area (Å²) in [7, 11) is 0. The van der Waals surface area contributed by atoms with Crippen LogP contribution in [0, 0.1) is 5.82 Å². The molecule has 1 aromatic carbocycles. The van der Waals surface area contributed by atoms with Gasteiger partial charge in [0.2, 0.25) is 0 Å². The lowest BCUT2D eigenvalue weighted by atomic mass is 10.0. The third-order valence-electron chi connectivity index (χ3n) is 2.06. The van der Waals surface area contributed by atoms with E-state index in [1.54, 1.807) is 0 Å². The van der Waals surface area contributed by atoms with Crippen molar-refractivity contribution in [1.82, 2.24) is 5.43 Å². The van der Waals surface area contributed by atoms with Crippen LogP contribution in [-0.4, -0.2) is 0 Å². The molecule has 1 aromatic rings. The van der Waals surface area contributed by atoms with E-state index in [-0.39, 0.29) is 11.9 Å². The van der Waals surface area contributed by atoms with Gasteiger partial charge >= 0.3 is 0 Å². The fourth-order valence-corrected chi connectivity index (χ4v) is 1.38. The molecule has 1 rings (SSSR count). The predicted octanol–water partition coefficient (Wildman–Crippen LogP) is 1.88. The quantitative estimate of drug-likeness (QED) is 0.308. The van der Waals surface area contributed by atoms with E-state index in [1.807, 2.05) is 19.9 Å². The topological polar surface area (TPSA) is 64.1 Å². The van der Waals surface area contributed by atoms with Crippen molar-refractivity contribution in [2.24, 2.45) is 5.84 Å². The first-order valence-electron chi connectivity index (χ1n) is 4.70. The molecule has 0 aromatic heterocycles. The van der Waals surface area contributed by atoms with E-state index in [9.17, 15) is 4.39 Å². The van der Waals surface area contributed by atoms with Crippen molar-refractivity contribution in [3.8, 4) is 0 Å². The van der Waals surface area contributed by atoms with Crippen molar-refractivity contribution in [3.05, 3.63) is 41.2 Å². The highest BCUT2D eigenvalue weighted by Crippen LogP contribution is 2.22. The van der Waals surface area contributed by atoms with Gasteiger partial charge in [-0.15, -0.1) is 0 Å². The molecular weight excluding hydrogens is 193 g/mol. The van der Waals surface area contributed by atoms with Crippen LogP contribution >= 0.6 is 0 Å². The van der Waals surface area contributed by atoms with Gasteiger partial charge in [0.15, 0.2) is 0 Å². The molecule has 0 saturated carbocycles. The molecule has 5 N–H and O–H groups in total. The Kier molecular flexibility index (Phi) is 3.82. The van der Waals surface area contributed by atoms with Crippen molar-refractivity contribution in [1.29, 1.82) is 0 Å². The fraction of sp³-hybridized carbons (Fsp3) is 0.273.